The van der Waals surface area contributed by atoms with E-state index in [1.807, 2.05) is 6.92 Å². The number of hydrogen-bond acceptors (Lipinski definition) is 2. The van der Waals surface area contributed by atoms with Crippen LogP contribution in [0, 0.1) is 23.5 Å². The van der Waals surface area contributed by atoms with Gasteiger partial charge in [-0.25, -0.2) is 8.78 Å². The van der Waals surface area contributed by atoms with Crippen molar-refractivity contribution >= 4 is 10.8 Å². The van der Waals surface area contributed by atoms with E-state index in [-0.39, 0.29) is 22.1 Å². The van der Waals surface area contributed by atoms with Crippen LogP contribution in [0.3, 0.4) is 0 Å². The maximum Gasteiger partial charge on any atom is 0.142 e. The second-order valence-electron chi connectivity index (χ2n) is 6.05. The van der Waals surface area contributed by atoms with Crippen molar-refractivity contribution in [1.29, 1.82) is 0 Å². The number of hydrogen-bond donors (Lipinski definition) is 1. The predicted octanol–water partition coefficient (Wildman–Crippen LogP) is 3.49. The normalized spacial score (nSPS) is 31.1. The Morgan fingerprint density at radius 2 is 2.00 bits per heavy atom. The maximum absolute atomic E-state index is 13.9. The van der Waals surface area contributed by atoms with Crippen LogP contribution < -0.4 is 5.32 Å². The zero-order valence-corrected chi connectivity index (χ0v) is 13.6. The van der Waals surface area contributed by atoms with Crippen LogP contribution in [-0.4, -0.2) is 22.0 Å². The number of rotatable bonds is 4. The van der Waals surface area contributed by atoms with E-state index in [9.17, 15) is 13.0 Å². The van der Waals surface area contributed by atoms with Gasteiger partial charge in [0, 0.05) is 12.1 Å². The molecular weight excluding hydrogens is 292 g/mol. The van der Waals surface area contributed by atoms with Crippen LogP contribution in [0.2, 0.25) is 0 Å². The summed E-state index contributed by atoms with van der Waals surface area (Å²) in [7, 11) is -1.47. The van der Waals surface area contributed by atoms with Crippen LogP contribution in [0.5, 0.6) is 0 Å². The van der Waals surface area contributed by atoms with Gasteiger partial charge in [0.2, 0.25) is 0 Å². The summed E-state index contributed by atoms with van der Waals surface area (Å²) in [6, 6.07) is 3.41. The Hall–Kier alpha value is -0.810. The lowest BCUT2D eigenvalue weighted by molar-refractivity contribution is 0.247. The fourth-order valence-corrected chi connectivity index (χ4v) is 5.22. The van der Waals surface area contributed by atoms with Gasteiger partial charge in [0.25, 0.3) is 0 Å². The van der Waals surface area contributed by atoms with Gasteiger partial charge in [-0.05, 0) is 43.4 Å². The van der Waals surface area contributed by atoms with Gasteiger partial charge in [0.1, 0.15) is 11.6 Å². The highest BCUT2D eigenvalue weighted by Gasteiger charge is 2.38. The zero-order valence-electron chi connectivity index (χ0n) is 12.7. The van der Waals surface area contributed by atoms with E-state index >= 15 is 0 Å². The van der Waals surface area contributed by atoms with Crippen molar-refractivity contribution in [3.63, 3.8) is 0 Å². The van der Waals surface area contributed by atoms with E-state index in [0.717, 1.165) is 25.5 Å². The summed E-state index contributed by atoms with van der Waals surface area (Å²) in [4.78, 5) is 0.116. The molecule has 1 aromatic carbocycles. The van der Waals surface area contributed by atoms with Gasteiger partial charge in [-0.15, -0.1) is 0 Å². The van der Waals surface area contributed by atoms with E-state index in [4.69, 9.17) is 0 Å². The van der Waals surface area contributed by atoms with Crippen molar-refractivity contribution in [2.24, 2.45) is 11.8 Å². The van der Waals surface area contributed by atoms with Gasteiger partial charge in [0.05, 0.1) is 20.9 Å². The van der Waals surface area contributed by atoms with Gasteiger partial charge < -0.3 is 5.32 Å². The van der Waals surface area contributed by atoms with Crippen LogP contribution in [0.25, 0.3) is 0 Å². The number of halogens is 2. The van der Waals surface area contributed by atoms with E-state index in [0.29, 0.717) is 5.92 Å². The first kappa shape index (κ1) is 16.6. The molecule has 118 valence electrons. The quantitative estimate of drug-likeness (QED) is 0.921. The van der Waals surface area contributed by atoms with E-state index in [1.165, 1.54) is 12.1 Å². The van der Waals surface area contributed by atoms with Crippen molar-refractivity contribution in [3.05, 3.63) is 29.8 Å². The Balaban J connectivity index is 2.29. The molecule has 0 amide bonds. The van der Waals surface area contributed by atoms with E-state index in [2.05, 4.69) is 19.2 Å². The molecule has 2 nitrogen and oxygen atoms in total. The average molecular weight is 315 g/mol. The molecular formula is C16H23F2NOS. The molecule has 5 atom stereocenters. The van der Waals surface area contributed by atoms with Crippen molar-refractivity contribution in [3.8, 4) is 0 Å². The molecule has 0 aliphatic heterocycles. The average Bonchev–Trinajstić information content (AvgIpc) is 2.37. The summed E-state index contributed by atoms with van der Waals surface area (Å²) in [5, 5.41) is 3.25. The van der Waals surface area contributed by atoms with Crippen LogP contribution in [0.4, 0.5) is 8.78 Å². The SMILES string of the molecule is CCNC1CC(C)CC(C)C1S(=O)c1ccc(F)cc1F. The molecule has 0 heterocycles. The third-order valence-electron chi connectivity index (χ3n) is 4.21. The Kier molecular flexibility index (Phi) is 5.49. The first-order chi connectivity index (χ1) is 9.93. The van der Waals surface area contributed by atoms with Gasteiger partial charge in [-0.2, -0.15) is 0 Å². The fraction of sp³-hybridized carbons (Fsp3) is 0.625. The van der Waals surface area contributed by atoms with Crippen LogP contribution in [-0.2, 0) is 10.8 Å². The summed E-state index contributed by atoms with van der Waals surface area (Å²) >= 11 is 0. The summed E-state index contributed by atoms with van der Waals surface area (Å²) < 4.78 is 39.8. The Bertz CT molecular complexity index is 523. The maximum atomic E-state index is 13.9. The Morgan fingerprint density at radius 1 is 1.29 bits per heavy atom. The summed E-state index contributed by atoms with van der Waals surface area (Å²) in [6.07, 6.45) is 1.93. The third-order valence-corrected chi connectivity index (χ3v) is 6.26. The highest BCUT2D eigenvalue weighted by atomic mass is 32.2. The molecule has 1 fully saturated rings. The first-order valence-corrected chi connectivity index (χ1v) is 8.74. The van der Waals surface area contributed by atoms with Gasteiger partial charge in [0.15, 0.2) is 0 Å². The molecule has 1 aromatic rings. The smallest absolute Gasteiger partial charge is 0.142 e. The van der Waals surface area contributed by atoms with Crippen molar-refractivity contribution in [2.45, 2.75) is 49.8 Å². The van der Waals surface area contributed by atoms with Crippen LogP contribution in [0.15, 0.2) is 23.1 Å². The molecule has 1 aliphatic rings. The highest BCUT2D eigenvalue weighted by molar-refractivity contribution is 7.85. The Labute approximate surface area is 127 Å². The molecule has 0 aromatic heterocycles. The molecule has 5 heteroatoms. The van der Waals surface area contributed by atoms with Gasteiger partial charge in [-0.1, -0.05) is 20.8 Å². The standard InChI is InChI=1S/C16H23F2NOS/c1-4-19-14-8-10(2)7-11(3)16(14)21(20)15-6-5-12(17)9-13(15)18/h5-6,9-11,14,16,19H,4,7-8H2,1-3H3. The first-order valence-electron chi connectivity index (χ1n) is 7.53. The lowest BCUT2D eigenvalue weighted by Gasteiger charge is -2.39. The minimum atomic E-state index is -1.47. The molecule has 5 unspecified atom stereocenters. The molecule has 0 spiro atoms. The molecule has 1 N–H and O–H groups in total. The molecule has 0 saturated heterocycles. The summed E-state index contributed by atoms with van der Waals surface area (Å²) in [6.45, 7) is 7.08. The van der Waals surface area contributed by atoms with E-state index in [1.54, 1.807) is 0 Å². The van der Waals surface area contributed by atoms with Crippen molar-refractivity contribution < 1.29 is 13.0 Å². The van der Waals surface area contributed by atoms with Crippen molar-refractivity contribution in [2.75, 3.05) is 6.54 Å². The lowest BCUT2D eigenvalue weighted by atomic mass is 9.80. The monoisotopic (exact) mass is 315 g/mol. The highest BCUT2D eigenvalue weighted by Crippen LogP contribution is 2.34. The Morgan fingerprint density at radius 3 is 2.62 bits per heavy atom. The van der Waals surface area contributed by atoms with E-state index < -0.39 is 22.4 Å². The van der Waals surface area contributed by atoms with Crippen molar-refractivity contribution in [1.82, 2.24) is 5.32 Å². The summed E-state index contributed by atoms with van der Waals surface area (Å²) in [5.74, 6) is -0.547. The molecule has 0 bridgehead atoms. The summed E-state index contributed by atoms with van der Waals surface area (Å²) in [5.41, 5.74) is 0. The minimum Gasteiger partial charge on any atom is -0.313 e. The largest absolute Gasteiger partial charge is 0.313 e. The minimum absolute atomic E-state index is 0.110. The molecule has 1 aliphatic carbocycles. The number of nitrogens with one attached hydrogen (secondary N) is 1. The van der Waals surface area contributed by atoms with Gasteiger partial charge >= 0.3 is 0 Å². The predicted molar refractivity (Wildman–Crippen MR) is 81.6 cm³/mol. The second kappa shape index (κ2) is 6.97. The molecule has 0 radical (unpaired) electrons. The fourth-order valence-electron chi connectivity index (χ4n) is 3.44. The second-order valence-corrected chi connectivity index (χ2v) is 7.63. The zero-order chi connectivity index (χ0) is 15.6. The lowest BCUT2D eigenvalue weighted by Crippen LogP contribution is -2.50. The third kappa shape index (κ3) is 3.69. The molecule has 1 saturated carbocycles. The molecule has 2 rings (SSSR count). The van der Waals surface area contributed by atoms with Crippen LogP contribution >= 0.6 is 0 Å². The number of benzene rings is 1. The topological polar surface area (TPSA) is 29.1 Å². The van der Waals surface area contributed by atoms with Crippen LogP contribution in [0.1, 0.15) is 33.6 Å². The molecule has 21 heavy (non-hydrogen) atoms. The van der Waals surface area contributed by atoms with Gasteiger partial charge in [-0.3, -0.25) is 4.21 Å².